The van der Waals surface area contributed by atoms with Crippen molar-refractivity contribution >= 4 is 16.6 Å². The van der Waals surface area contributed by atoms with Gasteiger partial charge in [0, 0.05) is 11.9 Å². The highest BCUT2D eigenvalue weighted by Crippen LogP contribution is 2.41. The number of rotatable bonds is 6. The van der Waals surface area contributed by atoms with E-state index in [1.165, 1.54) is 5.56 Å². The Bertz CT molecular complexity index is 911. The topological polar surface area (TPSA) is 63.8 Å². The zero-order chi connectivity index (χ0) is 18.0. The van der Waals surface area contributed by atoms with E-state index in [1.807, 2.05) is 57.2 Å². The van der Waals surface area contributed by atoms with Gasteiger partial charge in [-0.25, -0.2) is 0 Å². The summed E-state index contributed by atoms with van der Waals surface area (Å²) in [5.74, 6) is 0.757. The maximum absolute atomic E-state index is 11.2. The lowest BCUT2D eigenvalue weighted by Gasteiger charge is -2.10. The number of nitroso groups, excluding NO2 is 1. The molecule has 0 unspecified atom stereocenters. The fourth-order valence-electron chi connectivity index (χ4n) is 3.14. The highest BCUT2D eigenvalue weighted by Gasteiger charge is 2.20. The van der Waals surface area contributed by atoms with Crippen molar-refractivity contribution in [2.45, 2.75) is 33.7 Å². The minimum Gasteiger partial charge on any atom is -0.494 e. The Morgan fingerprint density at radius 2 is 1.72 bits per heavy atom. The quantitative estimate of drug-likeness (QED) is 0.500. The first-order chi connectivity index (χ1) is 12.0. The number of aromatic nitrogens is 1. The molecule has 25 heavy (non-hydrogen) atoms. The summed E-state index contributed by atoms with van der Waals surface area (Å²) in [6, 6.07) is 11.8. The third kappa shape index (κ3) is 3.22. The molecule has 0 fully saturated rings. The monoisotopic (exact) mass is 338 g/mol. The van der Waals surface area contributed by atoms with Gasteiger partial charge in [0.05, 0.1) is 12.1 Å². The minimum absolute atomic E-state index is 0.0715. The summed E-state index contributed by atoms with van der Waals surface area (Å²) in [6.45, 7) is 6.99. The number of hydrogen-bond acceptors (Lipinski definition) is 4. The van der Waals surface area contributed by atoms with E-state index in [2.05, 4.69) is 5.18 Å². The molecule has 0 aliphatic rings. The van der Waals surface area contributed by atoms with Crippen LogP contribution in [0.5, 0.6) is 11.6 Å². The van der Waals surface area contributed by atoms with Crippen molar-refractivity contribution in [1.82, 2.24) is 4.57 Å². The van der Waals surface area contributed by atoms with Crippen LogP contribution in [0.1, 0.15) is 23.1 Å². The molecule has 0 saturated carbocycles. The number of benzene rings is 2. The zero-order valence-electron chi connectivity index (χ0n) is 14.7. The number of aromatic hydroxyl groups is 1. The minimum atomic E-state index is -0.0715. The van der Waals surface area contributed by atoms with E-state index in [4.69, 9.17) is 4.74 Å². The Kier molecular flexibility index (Phi) is 4.74. The van der Waals surface area contributed by atoms with Crippen LogP contribution in [0.2, 0.25) is 0 Å². The lowest BCUT2D eigenvalue weighted by molar-refractivity contribution is 0.298. The predicted molar refractivity (Wildman–Crippen MR) is 99.8 cm³/mol. The van der Waals surface area contributed by atoms with Gasteiger partial charge in [0.1, 0.15) is 5.75 Å². The fraction of sp³-hybridized carbons (Fsp3) is 0.300. The number of ether oxygens (including phenoxy) is 1. The van der Waals surface area contributed by atoms with Crippen molar-refractivity contribution in [2.24, 2.45) is 5.18 Å². The normalized spacial score (nSPS) is 11.0. The maximum Gasteiger partial charge on any atom is 0.222 e. The van der Waals surface area contributed by atoms with Crippen molar-refractivity contribution < 1.29 is 9.84 Å². The number of nitrogens with zero attached hydrogens (tertiary/aromatic N) is 2. The molecule has 2 aromatic carbocycles. The lowest BCUT2D eigenvalue weighted by Crippen LogP contribution is -2.05. The van der Waals surface area contributed by atoms with Gasteiger partial charge in [0.2, 0.25) is 5.88 Å². The summed E-state index contributed by atoms with van der Waals surface area (Å²) in [4.78, 5) is 11.2. The predicted octanol–water partition coefficient (Wildman–Crippen LogP) is 5.14. The summed E-state index contributed by atoms with van der Waals surface area (Å²) in [6.07, 6.45) is 0.705. The molecule has 0 bridgehead atoms. The first-order valence-electron chi connectivity index (χ1n) is 8.37. The highest BCUT2D eigenvalue weighted by atomic mass is 16.5. The molecule has 0 radical (unpaired) electrons. The molecule has 130 valence electrons. The molecule has 1 aromatic heterocycles. The number of aryl methyl sites for hydroxylation is 4. The van der Waals surface area contributed by atoms with Gasteiger partial charge >= 0.3 is 0 Å². The number of hydrogen-bond donors (Lipinski definition) is 1. The Morgan fingerprint density at radius 1 is 1.04 bits per heavy atom. The van der Waals surface area contributed by atoms with Crippen LogP contribution in [0, 0.1) is 25.7 Å². The molecule has 0 atom stereocenters. The molecule has 0 aliphatic heterocycles. The second-order valence-electron chi connectivity index (χ2n) is 6.35. The van der Waals surface area contributed by atoms with Crippen LogP contribution in [0.15, 0.2) is 41.6 Å². The van der Waals surface area contributed by atoms with Crippen LogP contribution in [0.25, 0.3) is 10.9 Å². The fourth-order valence-corrected chi connectivity index (χ4v) is 3.14. The Morgan fingerprint density at radius 3 is 2.40 bits per heavy atom. The third-order valence-corrected chi connectivity index (χ3v) is 4.47. The van der Waals surface area contributed by atoms with Crippen LogP contribution in [-0.4, -0.2) is 16.3 Å². The van der Waals surface area contributed by atoms with Gasteiger partial charge in [0.15, 0.2) is 5.69 Å². The molecule has 3 rings (SSSR count). The number of fused-ring (bicyclic) bond motifs is 1. The van der Waals surface area contributed by atoms with E-state index < -0.39 is 0 Å². The van der Waals surface area contributed by atoms with E-state index in [0.717, 1.165) is 27.8 Å². The smallest absolute Gasteiger partial charge is 0.222 e. The van der Waals surface area contributed by atoms with Gasteiger partial charge in [-0.1, -0.05) is 29.8 Å². The van der Waals surface area contributed by atoms with Gasteiger partial charge in [-0.2, -0.15) is 0 Å². The summed E-state index contributed by atoms with van der Waals surface area (Å²) >= 11 is 0. The van der Waals surface area contributed by atoms with Gasteiger partial charge < -0.3 is 14.4 Å². The maximum atomic E-state index is 11.2. The van der Waals surface area contributed by atoms with E-state index in [-0.39, 0.29) is 11.6 Å². The molecule has 5 nitrogen and oxygen atoms in total. The average Bonchev–Trinajstić information content (AvgIpc) is 2.89. The van der Waals surface area contributed by atoms with Crippen molar-refractivity contribution in [3.63, 3.8) is 0 Å². The second-order valence-corrected chi connectivity index (χ2v) is 6.35. The molecule has 5 heteroatoms. The SMILES string of the molecule is Cc1ccc(OCCCn2c(O)c(N=O)c3c(C)ccc(C)c32)cc1. The van der Waals surface area contributed by atoms with Crippen molar-refractivity contribution in [1.29, 1.82) is 0 Å². The van der Waals surface area contributed by atoms with Gasteiger partial charge in [0.25, 0.3) is 0 Å². The average molecular weight is 338 g/mol. The van der Waals surface area contributed by atoms with Crippen molar-refractivity contribution in [3.05, 3.63) is 58.0 Å². The van der Waals surface area contributed by atoms with E-state index in [0.29, 0.717) is 19.6 Å². The van der Waals surface area contributed by atoms with Crippen LogP contribution >= 0.6 is 0 Å². The first kappa shape index (κ1) is 17.0. The van der Waals surface area contributed by atoms with Crippen molar-refractivity contribution in [3.8, 4) is 11.6 Å². The van der Waals surface area contributed by atoms with Crippen LogP contribution in [0.3, 0.4) is 0 Å². The summed E-state index contributed by atoms with van der Waals surface area (Å²) < 4.78 is 7.50. The van der Waals surface area contributed by atoms with Gasteiger partial charge in [-0.15, -0.1) is 4.91 Å². The Hall–Kier alpha value is -2.82. The van der Waals surface area contributed by atoms with Crippen LogP contribution < -0.4 is 4.74 Å². The highest BCUT2D eigenvalue weighted by molar-refractivity contribution is 5.99. The Labute approximate surface area is 146 Å². The largest absolute Gasteiger partial charge is 0.494 e. The van der Waals surface area contributed by atoms with Gasteiger partial charge in [-0.05, 0) is 55.6 Å². The Balaban J connectivity index is 1.79. The molecular weight excluding hydrogens is 316 g/mol. The van der Waals surface area contributed by atoms with E-state index in [9.17, 15) is 10.0 Å². The molecule has 0 amide bonds. The molecular formula is C20H22N2O3. The molecule has 1 N–H and O–H groups in total. The van der Waals surface area contributed by atoms with Crippen molar-refractivity contribution in [2.75, 3.05) is 6.61 Å². The zero-order valence-corrected chi connectivity index (χ0v) is 14.7. The summed E-state index contributed by atoms with van der Waals surface area (Å²) in [5, 5.41) is 14.2. The van der Waals surface area contributed by atoms with Gasteiger partial charge in [-0.3, -0.25) is 0 Å². The van der Waals surface area contributed by atoms with E-state index in [1.54, 1.807) is 4.57 Å². The molecule has 1 heterocycles. The third-order valence-electron chi connectivity index (χ3n) is 4.47. The van der Waals surface area contributed by atoms with Crippen LogP contribution in [-0.2, 0) is 6.54 Å². The molecule has 0 spiro atoms. The van der Waals surface area contributed by atoms with E-state index >= 15 is 0 Å². The van der Waals surface area contributed by atoms with Crippen LogP contribution in [0.4, 0.5) is 5.69 Å². The molecule has 0 aliphatic carbocycles. The lowest BCUT2D eigenvalue weighted by atomic mass is 10.1. The molecule has 3 aromatic rings. The first-order valence-corrected chi connectivity index (χ1v) is 8.37. The second kappa shape index (κ2) is 6.97. The summed E-state index contributed by atoms with van der Waals surface area (Å²) in [7, 11) is 0. The summed E-state index contributed by atoms with van der Waals surface area (Å²) in [5.41, 5.74) is 4.11. The standard InChI is InChI=1S/C20H22N2O3/c1-13-5-9-16(10-6-13)25-12-4-11-22-19-15(3)8-7-14(2)17(19)18(21-24)20(22)23/h5-10,23H,4,11-12H2,1-3H3. The molecule has 0 saturated heterocycles.